The van der Waals surface area contributed by atoms with E-state index in [1.807, 2.05) is 0 Å². The number of hydrogen-bond donors (Lipinski definition) is 1. The van der Waals surface area contributed by atoms with Gasteiger partial charge in [-0.05, 0) is 55.8 Å². The molecule has 1 fully saturated rings. The summed E-state index contributed by atoms with van der Waals surface area (Å²) in [6.45, 7) is 5.41. The van der Waals surface area contributed by atoms with Crippen LogP contribution in [0.15, 0.2) is 22.7 Å². The predicted octanol–water partition coefficient (Wildman–Crippen LogP) is 3.97. The maximum atomic E-state index is 5.74. The van der Waals surface area contributed by atoms with Gasteiger partial charge in [0, 0.05) is 23.2 Å². The lowest BCUT2D eigenvalue weighted by atomic mass is 9.98. The molecule has 0 radical (unpaired) electrons. The van der Waals surface area contributed by atoms with Crippen LogP contribution in [-0.2, 0) is 6.42 Å². The van der Waals surface area contributed by atoms with Crippen LogP contribution in [0, 0.1) is 5.92 Å². The molecule has 3 heteroatoms. The van der Waals surface area contributed by atoms with E-state index in [-0.39, 0.29) is 0 Å². The second-order valence-corrected chi connectivity index (χ2v) is 6.42. The number of halogens is 1. The Hall–Kier alpha value is -0.540. The highest BCUT2D eigenvalue weighted by Gasteiger charge is 2.18. The minimum Gasteiger partial charge on any atom is -0.371 e. The maximum Gasteiger partial charge on any atom is 0.0410 e. The van der Waals surface area contributed by atoms with Crippen molar-refractivity contribution in [3.8, 4) is 0 Å². The molecule has 2 nitrogen and oxygen atoms in total. The first-order valence-corrected chi connectivity index (χ1v) is 8.27. The Morgan fingerprint density at radius 3 is 2.89 bits per heavy atom. The van der Waals surface area contributed by atoms with Gasteiger partial charge in [0.2, 0.25) is 0 Å². The Morgan fingerprint density at radius 2 is 2.16 bits per heavy atom. The molecule has 0 saturated carbocycles. The number of hydrogen-bond acceptors (Lipinski definition) is 2. The van der Waals surface area contributed by atoms with Crippen LogP contribution in [0.2, 0.25) is 0 Å². The van der Waals surface area contributed by atoms with E-state index in [0.29, 0.717) is 0 Å². The summed E-state index contributed by atoms with van der Waals surface area (Å²) in [6.07, 6.45) is 6.31. The fourth-order valence-corrected chi connectivity index (χ4v) is 3.36. The summed E-state index contributed by atoms with van der Waals surface area (Å²) in [5.74, 6) is 0.912. The lowest BCUT2D eigenvalue weighted by Gasteiger charge is -2.26. The summed E-state index contributed by atoms with van der Waals surface area (Å²) in [6, 6.07) is 6.60. The average molecular weight is 325 g/mol. The summed E-state index contributed by atoms with van der Waals surface area (Å²) in [5.41, 5.74) is 8.52. The van der Waals surface area contributed by atoms with Crippen molar-refractivity contribution in [2.24, 2.45) is 11.7 Å². The van der Waals surface area contributed by atoms with Crippen molar-refractivity contribution in [2.45, 2.75) is 39.0 Å². The molecule has 19 heavy (non-hydrogen) atoms. The van der Waals surface area contributed by atoms with Crippen LogP contribution in [0.25, 0.3) is 0 Å². The van der Waals surface area contributed by atoms with Gasteiger partial charge in [0.1, 0.15) is 0 Å². The average Bonchev–Trinajstić information content (AvgIpc) is 2.66. The van der Waals surface area contributed by atoms with Crippen molar-refractivity contribution >= 4 is 21.6 Å². The highest BCUT2D eigenvalue weighted by atomic mass is 79.9. The number of anilines is 1. The summed E-state index contributed by atoms with van der Waals surface area (Å²) in [7, 11) is 0. The first-order chi connectivity index (χ1) is 9.24. The Kier molecular flexibility index (Phi) is 5.71. The van der Waals surface area contributed by atoms with Crippen LogP contribution in [0.1, 0.15) is 38.2 Å². The third-order valence-corrected chi connectivity index (χ3v) is 4.72. The smallest absolute Gasteiger partial charge is 0.0410 e. The standard InChI is InChI=1S/C16H25BrN2/c1-2-13-4-3-10-19(11-8-13)16-12-15(17)6-5-14(16)7-9-18/h5-6,12-13H,2-4,7-11,18H2,1H3. The van der Waals surface area contributed by atoms with E-state index < -0.39 is 0 Å². The lowest BCUT2D eigenvalue weighted by molar-refractivity contribution is 0.459. The van der Waals surface area contributed by atoms with Crippen molar-refractivity contribution in [1.29, 1.82) is 0 Å². The fourth-order valence-electron chi connectivity index (χ4n) is 3.01. The van der Waals surface area contributed by atoms with Crippen LogP contribution < -0.4 is 10.6 Å². The molecule has 1 aliphatic heterocycles. The molecule has 2 rings (SSSR count). The quantitative estimate of drug-likeness (QED) is 0.908. The third-order valence-electron chi connectivity index (χ3n) is 4.23. The first-order valence-electron chi connectivity index (χ1n) is 7.48. The first kappa shape index (κ1) is 14.9. The molecule has 0 amide bonds. The van der Waals surface area contributed by atoms with Crippen LogP contribution >= 0.6 is 15.9 Å². The molecular formula is C16H25BrN2. The topological polar surface area (TPSA) is 29.3 Å². The Labute approximate surface area is 125 Å². The molecule has 1 aliphatic rings. The van der Waals surface area contributed by atoms with Gasteiger partial charge in [-0.25, -0.2) is 0 Å². The monoisotopic (exact) mass is 324 g/mol. The van der Waals surface area contributed by atoms with Gasteiger partial charge in [0.15, 0.2) is 0 Å². The molecule has 1 atom stereocenters. The molecule has 0 aliphatic carbocycles. The number of benzene rings is 1. The molecule has 1 aromatic carbocycles. The fraction of sp³-hybridized carbons (Fsp3) is 0.625. The van der Waals surface area contributed by atoms with Crippen molar-refractivity contribution < 1.29 is 0 Å². The van der Waals surface area contributed by atoms with E-state index in [2.05, 4.69) is 46.0 Å². The molecule has 1 saturated heterocycles. The zero-order valence-electron chi connectivity index (χ0n) is 11.9. The summed E-state index contributed by atoms with van der Waals surface area (Å²) < 4.78 is 1.17. The molecule has 106 valence electrons. The van der Waals surface area contributed by atoms with Gasteiger partial charge in [-0.2, -0.15) is 0 Å². The van der Waals surface area contributed by atoms with Gasteiger partial charge in [-0.1, -0.05) is 35.3 Å². The molecular weight excluding hydrogens is 300 g/mol. The van der Waals surface area contributed by atoms with E-state index in [4.69, 9.17) is 5.73 Å². The van der Waals surface area contributed by atoms with E-state index in [0.717, 1.165) is 18.9 Å². The van der Waals surface area contributed by atoms with E-state index in [9.17, 15) is 0 Å². The Bertz CT molecular complexity index is 406. The molecule has 0 spiro atoms. The van der Waals surface area contributed by atoms with Crippen LogP contribution in [0.3, 0.4) is 0 Å². The highest BCUT2D eigenvalue weighted by molar-refractivity contribution is 9.10. The number of nitrogens with two attached hydrogens (primary N) is 1. The lowest BCUT2D eigenvalue weighted by Crippen LogP contribution is -2.25. The third kappa shape index (κ3) is 3.96. The maximum absolute atomic E-state index is 5.74. The Morgan fingerprint density at radius 1 is 1.32 bits per heavy atom. The molecule has 2 N–H and O–H groups in total. The van der Waals surface area contributed by atoms with Gasteiger partial charge in [-0.15, -0.1) is 0 Å². The summed E-state index contributed by atoms with van der Waals surface area (Å²) >= 11 is 3.60. The van der Waals surface area contributed by atoms with Crippen molar-refractivity contribution in [3.05, 3.63) is 28.2 Å². The summed E-state index contributed by atoms with van der Waals surface area (Å²) in [4.78, 5) is 2.56. The van der Waals surface area contributed by atoms with Gasteiger partial charge < -0.3 is 10.6 Å². The van der Waals surface area contributed by atoms with Crippen molar-refractivity contribution in [2.75, 3.05) is 24.5 Å². The van der Waals surface area contributed by atoms with E-state index >= 15 is 0 Å². The SMILES string of the molecule is CCC1CCCN(c2cc(Br)ccc2CCN)CC1. The molecule has 1 heterocycles. The normalized spacial score (nSPS) is 20.4. The van der Waals surface area contributed by atoms with Crippen molar-refractivity contribution in [1.82, 2.24) is 0 Å². The van der Waals surface area contributed by atoms with Gasteiger partial charge in [0.05, 0.1) is 0 Å². The molecule has 0 bridgehead atoms. The van der Waals surface area contributed by atoms with E-state index in [1.165, 1.54) is 54.5 Å². The number of rotatable bonds is 4. The molecule has 0 aromatic heterocycles. The zero-order chi connectivity index (χ0) is 13.7. The highest BCUT2D eigenvalue weighted by Crippen LogP contribution is 2.29. The van der Waals surface area contributed by atoms with Crippen LogP contribution in [0.5, 0.6) is 0 Å². The zero-order valence-corrected chi connectivity index (χ0v) is 13.5. The van der Waals surface area contributed by atoms with Crippen LogP contribution in [-0.4, -0.2) is 19.6 Å². The number of nitrogens with zero attached hydrogens (tertiary/aromatic N) is 1. The van der Waals surface area contributed by atoms with Gasteiger partial charge >= 0.3 is 0 Å². The largest absolute Gasteiger partial charge is 0.371 e. The van der Waals surface area contributed by atoms with Crippen LogP contribution in [0.4, 0.5) is 5.69 Å². The second-order valence-electron chi connectivity index (χ2n) is 5.50. The molecule has 1 unspecified atom stereocenters. The molecule has 1 aromatic rings. The van der Waals surface area contributed by atoms with Gasteiger partial charge in [-0.3, -0.25) is 0 Å². The van der Waals surface area contributed by atoms with Gasteiger partial charge in [0.25, 0.3) is 0 Å². The van der Waals surface area contributed by atoms with Crippen molar-refractivity contribution in [3.63, 3.8) is 0 Å². The summed E-state index contributed by atoms with van der Waals surface area (Å²) in [5, 5.41) is 0. The Balaban J connectivity index is 2.17. The second kappa shape index (κ2) is 7.30. The predicted molar refractivity (Wildman–Crippen MR) is 86.7 cm³/mol. The van der Waals surface area contributed by atoms with E-state index in [1.54, 1.807) is 0 Å². The minimum atomic E-state index is 0.722. The minimum absolute atomic E-state index is 0.722.